The van der Waals surface area contributed by atoms with Crippen LogP contribution in [0.5, 0.6) is 0 Å². The van der Waals surface area contributed by atoms with E-state index in [-0.39, 0.29) is 18.1 Å². The van der Waals surface area contributed by atoms with Gasteiger partial charge >= 0.3 is 0 Å². The fraction of sp³-hybridized carbons (Fsp3) is 0.692. The fourth-order valence-corrected chi connectivity index (χ4v) is 1.60. The van der Waals surface area contributed by atoms with Crippen molar-refractivity contribution in [3.05, 3.63) is 16.5 Å². The van der Waals surface area contributed by atoms with Gasteiger partial charge < -0.3 is 10.4 Å². The average Bonchev–Trinajstić information content (AvgIpc) is 2.29. The van der Waals surface area contributed by atoms with Crippen molar-refractivity contribution in [2.75, 3.05) is 11.9 Å². The first-order valence-electron chi connectivity index (χ1n) is 6.21. The molecule has 4 nitrogen and oxygen atoms in total. The molecule has 0 saturated heterocycles. The summed E-state index contributed by atoms with van der Waals surface area (Å²) in [4.78, 5) is 8.84. The van der Waals surface area contributed by atoms with Crippen molar-refractivity contribution < 1.29 is 5.11 Å². The molecule has 1 aromatic heterocycles. The summed E-state index contributed by atoms with van der Waals surface area (Å²) in [5, 5.41) is 12.9. The lowest BCUT2D eigenvalue weighted by Crippen LogP contribution is -2.25. The molecule has 1 aromatic rings. The van der Waals surface area contributed by atoms with Gasteiger partial charge in [-0.3, -0.25) is 0 Å². The quantitative estimate of drug-likeness (QED) is 0.827. The van der Waals surface area contributed by atoms with Crippen LogP contribution in [0.4, 0.5) is 5.82 Å². The van der Waals surface area contributed by atoms with Crippen molar-refractivity contribution in [2.24, 2.45) is 0 Å². The minimum absolute atomic E-state index is 0.0116. The number of rotatable bonds is 4. The molecule has 1 heterocycles. The first-order chi connectivity index (χ1) is 8.29. The van der Waals surface area contributed by atoms with E-state index < -0.39 is 0 Å². The Morgan fingerprint density at radius 3 is 2.39 bits per heavy atom. The number of nitrogens with zero attached hydrogens (tertiary/aromatic N) is 2. The van der Waals surface area contributed by atoms with Crippen LogP contribution >= 0.6 is 11.6 Å². The maximum atomic E-state index is 9.24. The molecule has 0 aliphatic rings. The third-order valence-electron chi connectivity index (χ3n) is 2.81. The molecular weight excluding hydrogens is 250 g/mol. The van der Waals surface area contributed by atoms with Crippen molar-refractivity contribution in [3.8, 4) is 0 Å². The van der Waals surface area contributed by atoms with Crippen LogP contribution in [0, 0.1) is 6.92 Å². The van der Waals surface area contributed by atoms with Crippen molar-refractivity contribution >= 4 is 17.4 Å². The minimum atomic E-state index is -0.158. The van der Waals surface area contributed by atoms with E-state index in [9.17, 15) is 5.11 Å². The van der Waals surface area contributed by atoms with E-state index in [2.05, 4.69) is 15.3 Å². The van der Waals surface area contributed by atoms with E-state index in [0.717, 1.165) is 12.0 Å². The Kier molecular flexibility index (Phi) is 4.93. The third kappa shape index (κ3) is 3.56. The SMILES string of the molecule is CCC(CO)Nc1nc(C(C)(C)C)nc(Cl)c1C. The highest BCUT2D eigenvalue weighted by atomic mass is 35.5. The van der Waals surface area contributed by atoms with Crippen molar-refractivity contribution in [1.29, 1.82) is 0 Å². The lowest BCUT2D eigenvalue weighted by molar-refractivity contribution is 0.271. The highest BCUT2D eigenvalue weighted by Crippen LogP contribution is 2.26. The number of aliphatic hydroxyl groups is 1. The highest BCUT2D eigenvalue weighted by Gasteiger charge is 2.21. The lowest BCUT2D eigenvalue weighted by atomic mass is 9.95. The molecule has 0 bridgehead atoms. The average molecular weight is 272 g/mol. The maximum absolute atomic E-state index is 9.24. The fourth-order valence-electron chi connectivity index (χ4n) is 1.44. The monoisotopic (exact) mass is 271 g/mol. The topological polar surface area (TPSA) is 58.0 Å². The van der Waals surface area contributed by atoms with Crippen LogP contribution in [0.2, 0.25) is 5.15 Å². The first-order valence-corrected chi connectivity index (χ1v) is 6.59. The molecule has 0 fully saturated rings. The van der Waals surface area contributed by atoms with Gasteiger partial charge in [-0.1, -0.05) is 39.3 Å². The van der Waals surface area contributed by atoms with Gasteiger partial charge in [-0.15, -0.1) is 0 Å². The predicted octanol–water partition coefficient (Wildman–Crippen LogP) is 2.92. The van der Waals surface area contributed by atoms with E-state index in [1.54, 1.807) is 0 Å². The van der Waals surface area contributed by atoms with Gasteiger partial charge in [-0.05, 0) is 13.3 Å². The summed E-state index contributed by atoms with van der Waals surface area (Å²) >= 11 is 6.14. The van der Waals surface area contributed by atoms with Crippen LogP contribution in [0.3, 0.4) is 0 Å². The zero-order chi connectivity index (χ0) is 13.9. The summed E-state index contributed by atoms with van der Waals surface area (Å²) in [7, 11) is 0. The molecular formula is C13H22ClN3O. The van der Waals surface area contributed by atoms with Crippen LogP contribution in [0.1, 0.15) is 45.5 Å². The summed E-state index contributed by atoms with van der Waals surface area (Å²) in [5.41, 5.74) is 0.658. The lowest BCUT2D eigenvalue weighted by Gasteiger charge is -2.21. The zero-order valence-electron chi connectivity index (χ0n) is 11.7. The van der Waals surface area contributed by atoms with Crippen LogP contribution in [-0.2, 0) is 5.41 Å². The van der Waals surface area contributed by atoms with Crippen LogP contribution in [0.25, 0.3) is 0 Å². The van der Waals surface area contributed by atoms with Gasteiger partial charge in [0.2, 0.25) is 0 Å². The highest BCUT2D eigenvalue weighted by molar-refractivity contribution is 6.30. The van der Waals surface area contributed by atoms with Gasteiger partial charge in [-0.2, -0.15) is 0 Å². The Hall–Kier alpha value is -0.870. The van der Waals surface area contributed by atoms with Gasteiger partial charge in [0.25, 0.3) is 0 Å². The van der Waals surface area contributed by atoms with Crippen molar-refractivity contribution in [3.63, 3.8) is 0 Å². The zero-order valence-corrected chi connectivity index (χ0v) is 12.5. The molecule has 0 aliphatic heterocycles. The first kappa shape index (κ1) is 15.2. The van der Waals surface area contributed by atoms with E-state index >= 15 is 0 Å². The minimum Gasteiger partial charge on any atom is -0.394 e. The van der Waals surface area contributed by atoms with Gasteiger partial charge in [-0.25, -0.2) is 9.97 Å². The molecule has 0 saturated carbocycles. The molecule has 18 heavy (non-hydrogen) atoms. The summed E-state index contributed by atoms with van der Waals surface area (Å²) in [6, 6.07) is -0.0116. The summed E-state index contributed by atoms with van der Waals surface area (Å²) in [6.07, 6.45) is 0.822. The number of halogens is 1. The second-order valence-corrected chi connectivity index (χ2v) is 5.85. The Labute approximate surface area is 114 Å². The molecule has 5 heteroatoms. The largest absolute Gasteiger partial charge is 0.394 e. The molecule has 0 aromatic carbocycles. The standard InChI is InChI=1S/C13H22ClN3O/c1-6-9(7-18)15-11-8(2)10(14)16-12(17-11)13(3,4)5/h9,18H,6-7H2,1-5H3,(H,15,16,17). The van der Waals surface area contributed by atoms with E-state index in [4.69, 9.17) is 11.6 Å². The predicted molar refractivity (Wildman–Crippen MR) is 75.3 cm³/mol. The second-order valence-electron chi connectivity index (χ2n) is 5.49. The molecule has 1 rings (SSSR count). The maximum Gasteiger partial charge on any atom is 0.137 e. The van der Waals surface area contributed by atoms with Crippen LogP contribution in [-0.4, -0.2) is 27.7 Å². The number of aromatic nitrogens is 2. The van der Waals surface area contributed by atoms with Gasteiger partial charge in [0, 0.05) is 11.0 Å². The molecule has 1 atom stereocenters. The van der Waals surface area contributed by atoms with Crippen molar-refractivity contribution in [2.45, 2.75) is 52.5 Å². The Bertz CT molecular complexity index is 411. The van der Waals surface area contributed by atoms with Crippen molar-refractivity contribution in [1.82, 2.24) is 9.97 Å². The van der Waals surface area contributed by atoms with Crippen LogP contribution < -0.4 is 5.32 Å². The van der Waals surface area contributed by atoms with E-state index in [0.29, 0.717) is 16.8 Å². The Morgan fingerprint density at radius 1 is 1.33 bits per heavy atom. The Morgan fingerprint density at radius 2 is 1.94 bits per heavy atom. The van der Waals surface area contributed by atoms with Gasteiger partial charge in [0.1, 0.15) is 16.8 Å². The number of aliphatic hydroxyl groups excluding tert-OH is 1. The molecule has 0 aliphatic carbocycles. The number of anilines is 1. The molecule has 1 unspecified atom stereocenters. The van der Waals surface area contributed by atoms with E-state index in [1.807, 2.05) is 34.6 Å². The molecule has 0 amide bonds. The molecule has 2 N–H and O–H groups in total. The van der Waals surface area contributed by atoms with Gasteiger partial charge in [0.15, 0.2) is 0 Å². The summed E-state index contributed by atoms with van der Waals surface area (Å²) in [6.45, 7) is 10.1. The second kappa shape index (κ2) is 5.85. The van der Waals surface area contributed by atoms with E-state index in [1.165, 1.54) is 0 Å². The smallest absolute Gasteiger partial charge is 0.137 e. The Balaban J connectivity index is 3.14. The summed E-state index contributed by atoms with van der Waals surface area (Å²) in [5.74, 6) is 1.41. The third-order valence-corrected chi connectivity index (χ3v) is 3.18. The number of hydrogen-bond acceptors (Lipinski definition) is 4. The van der Waals surface area contributed by atoms with Crippen LogP contribution in [0.15, 0.2) is 0 Å². The van der Waals surface area contributed by atoms with Gasteiger partial charge in [0.05, 0.1) is 12.6 Å². The molecule has 0 spiro atoms. The number of nitrogens with one attached hydrogen (secondary N) is 1. The normalized spacial score (nSPS) is 13.5. The molecule has 0 radical (unpaired) electrons. The number of hydrogen-bond donors (Lipinski definition) is 2. The molecule has 102 valence electrons. The summed E-state index contributed by atoms with van der Waals surface area (Å²) < 4.78 is 0.